The van der Waals surface area contributed by atoms with Gasteiger partial charge in [-0.2, -0.15) is 0 Å². The van der Waals surface area contributed by atoms with Gasteiger partial charge in [-0.15, -0.1) is 11.6 Å². The maximum atomic E-state index is 13.7. The molecule has 1 nitrogen and oxygen atoms in total. The second kappa shape index (κ2) is 6.59. The summed E-state index contributed by atoms with van der Waals surface area (Å²) in [7, 11) is 1.61. The molecule has 0 aliphatic carbocycles. The lowest BCUT2D eigenvalue weighted by Crippen LogP contribution is -2.02. The van der Waals surface area contributed by atoms with Gasteiger partial charge in [0.15, 0.2) is 0 Å². The molecule has 106 valence electrons. The monoisotopic (exact) mass is 356 g/mol. The molecule has 0 heterocycles. The van der Waals surface area contributed by atoms with Gasteiger partial charge in [0.2, 0.25) is 0 Å². The molecule has 0 aromatic heterocycles. The van der Waals surface area contributed by atoms with Gasteiger partial charge in [0, 0.05) is 10.0 Å². The Labute approximate surface area is 131 Å². The van der Waals surface area contributed by atoms with Gasteiger partial charge < -0.3 is 4.74 Å². The van der Waals surface area contributed by atoms with Crippen molar-refractivity contribution in [3.05, 3.63) is 63.4 Å². The van der Waals surface area contributed by atoms with Crippen molar-refractivity contribution in [1.29, 1.82) is 0 Å². The van der Waals surface area contributed by atoms with Crippen molar-refractivity contribution in [2.75, 3.05) is 7.11 Å². The van der Waals surface area contributed by atoms with Crippen molar-refractivity contribution < 1.29 is 9.13 Å². The summed E-state index contributed by atoms with van der Waals surface area (Å²) in [5.41, 5.74) is 2.53. The lowest BCUT2D eigenvalue weighted by molar-refractivity contribution is 0.408. The Morgan fingerprint density at radius 3 is 2.65 bits per heavy atom. The molecule has 0 radical (unpaired) electrons. The Kier molecular flexibility index (Phi) is 5.06. The zero-order valence-electron chi connectivity index (χ0n) is 11.3. The SMILES string of the molecule is COc1cc(C)c(Br)cc1C(Cl)Cc1ccccc1F. The third kappa shape index (κ3) is 3.33. The summed E-state index contributed by atoms with van der Waals surface area (Å²) in [6.07, 6.45) is 0.417. The van der Waals surface area contributed by atoms with Crippen LogP contribution in [0.2, 0.25) is 0 Å². The first-order valence-corrected chi connectivity index (χ1v) is 7.47. The molecule has 0 saturated carbocycles. The largest absolute Gasteiger partial charge is 0.496 e. The minimum atomic E-state index is -0.348. The van der Waals surface area contributed by atoms with Crippen molar-refractivity contribution in [3.8, 4) is 5.75 Å². The molecule has 0 N–H and O–H groups in total. The molecule has 0 bridgehead atoms. The maximum Gasteiger partial charge on any atom is 0.126 e. The fourth-order valence-corrected chi connectivity index (χ4v) is 2.76. The van der Waals surface area contributed by atoms with Gasteiger partial charge in [-0.3, -0.25) is 0 Å². The highest BCUT2D eigenvalue weighted by Gasteiger charge is 2.17. The van der Waals surface area contributed by atoms with Crippen LogP contribution in [-0.2, 0) is 6.42 Å². The molecule has 0 aliphatic heterocycles. The van der Waals surface area contributed by atoms with E-state index in [9.17, 15) is 4.39 Å². The number of methoxy groups -OCH3 is 1. The lowest BCUT2D eigenvalue weighted by atomic mass is 10.0. The quantitative estimate of drug-likeness (QED) is 0.663. The topological polar surface area (TPSA) is 9.23 Å². The molecule has 2 aromatic carbocycles. The molecule has 1 unspecified atom stereocenters. The Bertz CT molecular complexity index is 615. The highest BCUT2D eigenvalue weighted by atomic mass is 79.9. The molecule has 2 aromatic rings. The van der Waals surface area contributed by atoms with Crippen LogP contribution >= 0.6 is 27.5 Å². The maximum absolute atomic E-state index is 13.7. The van der Waals surface area contributed by atoms with Crippen LogP contribution in [0, 0.1) is 12.7 Å². The van der Waals surface area contributed by atoms with Gasteiger partial charge in [-0.1, -0.05) is 34.1 Å². The Balaban J connectivity index is 2.32. The number of benzene rings is 2. The van der Waals surface area contributed by atoms with Gasteiger partial charge in [-0.25, -0.2) is 4.39 Å². The van der Waals surface area contributed by atoms with Crippen LogP contribution in [0.3, 0.4) is 0 Å². The zero-order valence-corrected chi connectivity index (χ0v) is 13.6. The number of rotatable bonds is 4. The summed E-state index contributed by atoms with van der Waals surface area (Å²) in [6.45, 7) is 1.98. The second-order valence-electron chi connectivity index (χ2n) is 4.61. The van der Waals surface area contributed by atoms with Crippen molar-refractivity contribution in [1.82, 2.24) is 0 Å². The third-order valence-electron chi connectivity index (χ3n) is 3.21. The molecule has 0 spiro atoms. The molecule has 2 rings (SSSR count). The fourth-order valence-electron chi connectivity index (χ4n) is 2.06. The van der Waals surface area contributed by atoms with Crippen molar-refractivity contribution >= 4 is 27.5 Å². The van der Waals surface area contributed by atoms with E-state index in [1.165, 1.54) is 6.07 Å². The van der Waals surface area contributed by atoms with Crippen LogP contribution < -0.4 is 4.74 Å². The van der Waals surface area contributed by atoms with Crippen molar-refractivity contribution in [3.63, 3.8) is 0 Å². The predicted molar refractivity (Wildman–Crippen MR) is 84.1 cm³/mol. The second-order valence-corrected chi connectivity index (χ2v) is 5.99. The lowest BCUT2D eigenvalue weighted by Gasteiger charge is -2.16. The Hall–Kier alpha value is -1.06. The standard InChI is InChI=1S/C16H15BrClFO/c1-10-7-16(20-2)12(9-13(10)17)14(18)8-11-5-3-4-6-15(11)19/h3-7,9,14H,8H2,1-2H3. The van der Waals surface area contributed by atoms with Crippen LogP contribution in [0.25, 0.3) is 0 Å². The first kappa shape index (κ1) is 15.3. The minimum absolute atomic E-state index is 0.233. The first-order chi connectivity index (χ1) is 9.52. The number of halogens is 3. The van der Waals surface area contributed by atoms with E-state index < -0.39 is 0 Å². The van der Waals surface area contributed by atoms with Gasteiger partial charge in [0.1, 0.15) is 11.6 Å². The summed E-state index contributed by atoms with van der Waals surface area (Å²) >= 11 is 9.94. The van der Waals surface area contributed by atoms with Gasteiger partial charge >= 0.3 is 0 Å². The molecule has 0 fully saturated rings. The van der Waals surface area contributed by atoms with Crippen LogP contribution in [-0.4, -0.2) is 7.11 Å². The number of hydrogen-bond acceptors (Lipinski definition) is 1. The zero-order chi connectivity index (χ0) is 14.7. The highest BCUT2D eigenvalue weighted by Crippen LogP contribution is 2.36. The van der Waals surface area contributed by atoms with Crippen molar-refractivity contribution in [2.24, 2.45) is 0 Å². The van der Waals surface area contributed by atoms with E-state index in [0.29, 0.717) is 12.0 Å². The average molecular weight is 358 g/mol. The molecule has 0 amide bonds. The summed E-state index contributed by atoms with van der Waals surface area (Å²) in [5.74, 6) is 0.491. The predicted octanol–water partition coefficient (Wildman–Crippen LogP) is 5.43. The molecule has 4 heteroatoms. The van der Waals surface area contributed by atoms with Crippen LogP contribution in [0.5, 0.6) is 5.75 Å². The summed E-state index contributed by atoms with van der Waals surface area (Å²) in [5, 5.41) is -0.348. The Morgan fingerprint density at radius 2 is 2.00 bits per heavy atom. The van der Waals surface area contributed by atoms with E-state index in [4.69, 9.17) is 16.3 Å². The minimum Gasteiger partial charge on any atom is -0.496 e. The van der Waals surface area contributed by atoms with E-state index in [1.807, 2.05) is 25.1 Å². The molecular formula is C16H15BrClFO. The molecule has 0 aliphatic rings. The number of alkyl halides is 1. The van der Waals surface area contributed by atoms with Gasteiger partial charge in [0.05, 0.1) is 12.5 Å². The summed E-state index contributed by atoms with van der Waals surface area (Å²) in [6, 6.07) is 10.5. The molecule has 20 heavy (non-hydrogen) atoms. The molecule has 0 saturated heterocycles. The van der Waals surface area contributed by atoms with Gasteiger partial charge in [-0.05, 0) is 42.7 Å². The third-order valence-corrected chi connectivity index (χ3v) is 4.45. The summed E-state index contributed by atoms with van der Waals surface area (Å²) in [4.78, 5) is 0. The van der Waals surface area contributed by atoms with E-state index in [-0.39, 0.29) is 11.2 Å². The van der Waals surface area contributed by atoms with Crippen LogP contribution in [0.15, 0.2) is 40.9 Å². The van der Waals surface area contributed by atoms with E-state index in [0.717, 1.165) is 21.3 Å². The van der Waals surface area contributed by atoms with Crippen LogP contribution in [0.4, 0.5) is 4.39 Å². The average Bonchev–Trinajstić information content (AvgIpc) is 2.43. The first-order valence-electron chi connectivity index (χ1n) is 6.24. The van der Waals surface area contributed by atoms with E-state index >= 15 is 0 Å². The fraction of sp³-hybridized carbons (Fsp3) is 0.250. The molecule has 1 atom stereocenters. The molecular weight excluding hydrogens is 343 g/mol. The van der Waals surface area contributed by atoms with Crippen LogP contribution in [0.1, 0.15) is 22.1 Å². The van der Waals surface area contributed by atoms with E-state index in [2.05, 4.69) is 15.9 Å². The van der Waals surface area contributed by atoms with Crippen molar-refractivity contribution in [2.45, 2.75) is 18.7 Å². The van der Waals surface area contributed by atoms with E-state index in [1.54, 1.807) is 19.2 Å². The smallest absolute Gasteiger partial charge is 0.126 e. The highest BCUT2D eigenvalue weighted by molar-refractivity contribution is 9.10. The number of aryl methyl sites for hydroxylation is 1. The Morgan fingerprint density at radius 1 is 1.30 bits per heavy atom. The van der Waals surface area contributed by atoms with Gasteiger partial charge in [0.25, 0.3) is 0 Å². The number of ether oxygens (including phenoxy) is 1. The number of hydrogen-bond donors (Lipinski definition) is 0. The summed E-state index contributed by atoms with van der Waals surface area (Å²) < 4.78 is 20.0. The normalized spacial score (nSPS) is 12.2.